The molecule has 6 nitrogen and oxygen atoms in total. The Morgan fingerprint density at radius 2 is 1.88 bits per heavy atom. The number of nitrogens with zero attached hydrogens (tertiary/aromatic N) is 1. The predicted molar refractivity (Wildman–Crippen MR) is 95.6 cm³/mol. The van der Waals surface area contributed by atoms with Crippen molar-refractivity contribution < 1.29 is 9.59 Å². The summed E-state index contributed by atoms with van der Waals surface area (Å²) in [5, 5.41) is 6.09. The zero-order valence-electron chi connectivity index (χ0n) is 13.1. The standard InChI is InChI=1S/C18H15ClN4O2/c19-14-9-16(21-11-14)18(25)22-10-12-2-1-3-15(8-12)23-17(24)13-4-6-20-7-5-13/h1-9,11,21H,10H2,(H,22,25)(H,23,24). The number of benzene rings is 1. The van der Waals surface area contributed by atoms with Crippen molar-refractivity contribution in [2.45, 2.75) is 6.54 Å². The molecule has 0 saturated heterocycles. The van der Waals surface area contributed by atoms with E-state index in [1.807, 2.05) is 12.1 Å². The number of nitrogens with one attached hydrogen (secondary N) is 3. The number of carbonyl (C=O) groups excluding carboxylic acids is 2. The van der Waals surface area contributed by atoms with Gasteiger partial charge in [-0.25, -0.2) is 0 Å². The van der Waals surface area contributed by atoms with Gasteiger partial charge in [-0.05, 0) is 35.9 Å². The summed E-state index contributed by atoms with van der Waals surface area (Å²) in [5.41, 5.74) is 2.43. The van der Waals surface area contributed by atoms with Crippen LogP contribution in [-0.2, 0) is 6.54 Å². The van der Waals surface area contributed by atoms with Gasteiger partial charge in [-0.15, -0.1) is 0 Å². The van der Waals surface area contributed by atoms with Gasteiger partial charge in [-0.1, -0.05) is 23.7 Å². The Labute approximate surface area is 149 Å². The van der Waals surface area contributed by atoms with E-state index >= 15 is 0 Å². The molecule has 1 aromatic carbocycles. The van der Waals surface area contributed by atoms with E-state index in [0.29, 0.717) is 28.5 Å². The number of anilines is 1. The van der Waals surface area contributed by atoms with Crippen LogP contribution in [0.3, 0.4) is 0 Å². The highest BCUT2D eigenvalue weighted by Gasteiger charge is 2.09. The van der Waals surface area contributed by atoms with Crippen LogP contribution < -0.4 is 10.6 Å². The van der Waals surface area contributed by atoms with Gasteiger partial charge in [-0.2, -0.15) is 0 Å². The fourth-order valence-corrected chi connectivity index (χ4v) is 2.41. The second-order valence-corrected chi connectivity index (χ2v) is 5.74. The normalized spacial score (nSPS) is 10.3. The lowest BCUT2D eigenvalue weighted by Gasteiger charge is -2.08. The lowest BCUT2D eigenvalue weighted by Crippen LogP contribution is -2.23. The molecule has 3 N–H and O–H groups in total. The third-order valence-electron chi connectivity index (χ3n) is 3.47. The Balaban J connectivity index is 1.61. The quantitative estimate of drug-likeness (QED) is 0.657. The minimum atomic E-state index is -0.252. The summed E-state index contributed by atoms with van der Waals surface area (Å²) in [4.78, 5) is 30.8. The van der Waals surface area contributed by atoms with E-state index in [1.165, 1.54) is 0 Å². The minimum absolute atomic E-state index is 0.218. The lowest BCUT2D eigenvalue weighted by molar-refractivity contribution is 0.0945. The summed E-state index contributed by atoms with van der Waals surface area (Å²) in [6.45, 7) is 0.328. The first-order valence-electron chi connectivity index (χ1n) is 7.54. The molecule has 0 atom stereocenters. The molecule has 126 valence electrons. The first-order chi connectivity index (χ1) is 12.1. The molecule has 0 aliphatic heterocycles. The van der Waals surface area contributed by atoms with Crippen molar-refractivity contribution in [3.8, 4) is 0 Å². The van der Waals surface area contributed by atoms with Gasteiger partial charge in [0.25, 0.3) is 11.8 Å². The van der Waals surface area contributed by atoms with Gasteiger partial charge in [0.1, 0.15) is 5.69 Å². The van der Waals surface area contributed by atoms with Gasteiger partial charge in [0.2, 0.25) is 0 Å². The number of rotatable bonds is 5. The second-order valence-electron chi connectivity index (χ2n) is 5.30. The zero-order valence-corrected chi connectivity index (χ0v) is 13.9. The molecule has 2 aromatic heterocycles. The summed E-state index contributed by atoms with van der Waals surface area (Å²) in [6.07, 6.45) is 4.67. The lowest BCUT2D eigenvalue weighted by atomic mass is 10.2. The summed E-state index contributed by atoms with van der Waals surface area (Å²) in [5.74, 6) is -0.470. The average Bonchev–Trinajstić information content (AvgIpc) is 3.07. The molecule has 0 aliphatic rings. The molecule has 3 rings (SSSR count). The molecule has 0 radical (unpaired) electrons. The highest BCUT2D eigenvalue weighted by Crippen LogP contribution is 2.13. The molecule has 2 amide bonds. The predicted octanol–water partition coefficient (Wildman–Crippen LogP) is 3.25. The van der Waals surface area contributed by atoms with Crippen molar-refractivity contribution >= 4 is 29.1 Å². The summed E-state index contributed by atoms with van der Waals surface area (Å²) in [6, 6.07) is 12.1. The summed E-state index contributed by atoms with van der Waals surface area (Å²) >= 11 is 5.79. The van der Waals surface area contributed by atoms with Gasteiger partial charge in [0, 0.05) is 36.4 Å². The van der Waals surface area contributed by atoms with Crippen molar-refractivity contribution in [1.82, 2.24) is 15.3 Å². The number of aromatic amines is 1. The Morgan fingerprint density at radius 3 is 2.60 bits per heavy atom. The maximum absolute atomic E-state index is 12.2. The van der Waals surface area contributed by atoms with E-state index in [1.54, 1.807) is 48.9 Å². The number of amides is 2. The van der Waals surface area contributed by atoms with Crippen molar-refractivity contribution in [2.75, 3.05) is 5.32 Å². The van der Waals surface area contributed by atoms with Gasteiger partial charge < -0.3 is 15.6 Å². The SMILES string of the molecule is O=C(Nc1cccc(CNC(=O)c2cc(Cl)c[nH]2)c1)c1ccncc1. The van der Waals surface area contributed by atoms with E-state index < -0.39 is 0 Å². The average molecular weight is 355 g/mol. The van der Waals surface area contributed by atoms with E-state index in [4.69, 9.17) is 11.6 Å². The largest absolute Gasteiger partial charge is 0.356 e. The van der Waals surface area contributed by atoms with Crippen LogP contribution in [0.25, 0.3) is 0 Å². The van der Waals surface area contributed by atoms with Crippen LogP contribution in [0.15, 0.2) is 61.1 Å². The highest BCUT2D eigenvalue weighted by molar-refractivity contribution is 6.30. The van der Waals surface area contributed by atoms with Crippen molar-refractivity contribution in [3.05, 3.63) is 82.9 Å². The van der Waals surface area contributed by atoms with Crippen LogP contribution >= 0.6 is 11.6 Å². The van der Waals surface area contributed by atoms with Gasteiger partial charge >= 0.3 is 0 Å². The molecular formula is C18H15ClN4O2. The van der Waals surface area contributed by atoms with E-state index in [-0.39, 0.29) is 11.8 Å². The second kappa shape index (κ2) is 7.63. The molecule has 0 unspecified atom stereocenters. The number of pyridine rings is 1. The Morgan fingerprint density at radius 1 is 1.08 bits per heavy atom. The number of aromatic nitrogens is 2. The summed E-state index contributed by atoms with van der Waals surface area (Å²) < 4.78 is 0. The van der Waals surface area contributed by atoms with Crippen LogP contribution in [0.2, 0.25) is 5.02 Å². The van der Waals surface area contributed by atoms with E-state index in [9.17, 15) is 9.59 Å². The molecule has 0 fully saturated rings. The van der Waals surface area contributed by atoms with E-state index in [2.05, 4.69) is 20.6 Å². The molecule has 0 saturated carbocycles. The number of carbonyl (C=O) groups is 2. The van der Waals surface area contributed by atoms with Crippen molar-refractivity contribution in [1.29, 1.82) is 0 Å². The molecule has 2 heterocycles. The molecule has 7 heteroatoms. The van der Waals surface area contributed by atoms with E-state index in [0.717, 1.165) is 5.56 Å². The molecule has 25 heavy (non-hydrogen) atoms. The smallest absolute Gasteiger partial charge is 0.268 e. The number of hydrogen-bond acceptors (Lipinski definition) is 3. The van der Waals surface area contributed by atoms with Gasteiger partial charge in [-0.3, -0.25) is 14.6 Å². The van der Waals surface area contributed by atoms with Crippen LogP contribution in [0, 0.1) is 0 Å². The highest BCUT2D eigenvalue weighted by atomic mass is 35.5. The maximum atomic E-state index is 12.2. The topological polar surface area (TPSA) is 86.9 Å². The van der Waals surface area contributed by atoms with Crippen molar-refractivity contribution in [2.24, 2.45) is 0 Å². The van der Waals surface area contributed by atoms with Crippen molar-refractivity contribution in [3.63, 3.8) is 0 Å². The minimum Gasteiger partial charge on any atom is -0.356 e. The Kier molecular flexibility index (Phi) is 5.11. The third-order valence-corrected chi connectivity index (χ3v) is 3.69. The van der Waals surface area contributed by atoms with Crippen LogP contribution in [0.1, 0.15) is 26.4 Å². The van der Waals surface area contributed by atoms with Gasteiger partial charge in [0.05, 0.1) is 5.02 Å². The third kappa shape index (κ3) is 4.45. The summed E-state index contributed by atoms with van der Waals surface area (Å²) in [7, 11) is 0. The number of halogens is 1. The zero-order chi connectivity index (χ0) is 17.6. The Hall–Kier alpha value is -3.12. The Bertz CT molecular complexity index is 893. The van der Waals surface area contributed by atoms with Crippen LogP contribution in [0.4, 0.5) is 5.69 Å². The molecule has 0 aliphatic carbocycles. The molecule has 0 spiro atoms. The fourth-order valence-electron chi connectivity index (χ4n) is 2.24. The molecular weight excluding hydrogens is 340 g/mol. The molecule has 3 aromatic rings. The van der Waals surface area contributed by atoms with Crippen LogP contribution in [0.5, 0.6) is 0 Å². The first-order valence-corrected chi connectivity index (χ1v) is 7.92. The maximum Gasteiger partial charge on any atom is 0.268 e. The fraction of sp³-hybridized carbons (Fsp3) is 0.0556. The van der Waals surface area contributed by atoms with Crippen LogP contribution in [-0.4, -0.2) is 21.8 Å². The monoisotopic (exact) mass is 354 g/mol. The molecule has 0 bridgehead atoms. The van der Waals surface area contributed by atoms with Gasteiger partial charge in [0.15, 0.2) is 0 Å². The first kappa shape index (κ1) is 16.7. The number of H-pyrrole nitrogens is 1. The number of hydrogen-bond donors (Lipinski definition) is 3.